The Labute approximate surface area is 176 Å². The molecule has 2 aromatic carbocycles. The van der Waals surface area contributed by atoms with Gasteiger partial charge in [0.15, 0.2) is 0 Å². The Morgan fingerprint density at radius 1 is 1.17 bits per heavy atom. The van der Waals surface area contributed by atoms with Crippen molar-refractivity contribution in [1.82, 2.24) is 0 Å². The molecular formula is C22H15ClN2O5. The Bertz CT molecular complexity index is 1170. The second kappa shape index (κ2) is 8.99. The number of carboxylic acid groups (broad SMARTS) is 1. The van der Waals surface area contributed by atoms with Gasteiger partial charge in [0.1, 0.15) is 28.9 Å². The largest absolute Gasteiger partial charge is 0.495 e. The zero-order valence-electron chi connectivity index (χ0n) is 15.7. The molecule has 3 aromatic rings. The van der Waals surface area contributed by atoms with E-state index in [2.05, 4.69) is 5.32 Å². The minimum Gasteiger partial charge on any atom is -0.495 e. The number of aromatic carboxylic acids is 1. The molecule has 30 heavy (non-hydrogen) atoms. The molecule has 150 valence electrons. The molecule has 0 aliphatic rings. The molecule has 3 rings (SSSR count). The molecular weight excluding hydrogens is 408 g/mol. The second-order valence-corrected chi connectivity index (χ2v) is 6.49. The summed E-state index contributed by atoms with van der Waals surface area (Å²) >= 11 is 5.95. The van der Waals surface area contributed by atoms with Crippen LogP contribution in [-0.4, -0.2) is 24.1 Å². The lowest BCUT2D eigenvalue weighted by Gasteiger charge is -2.09. The standard InChI is InChI=1S/C22H15ClN2O5/c1-29-20-8-6-16(23)11-18(20)25-21(26)15(12-24)10-17-7-9-19(30-17)13-2-4-14(5-3-13)22(27)28/h2-11H,1H3,(H,25,26)(H,27,28). The number of halogens is 1. The van der Waals surface area contributed by atoms with Crippen molar-refractivity contribution < 1.29 is 23.8 Å². The number of anilines is 1. The van der Waals surface area contributed by atoms with Gasteiger partial charge in [-0.15, -0.1) is 0 Å². The molecule has 0 fully saturated rings. The van der Waals surface area contributed by atoms with E-state index in [1.807, 2.05) is 6.07 Å². The number of nitriles is 1. The zero-order chi connectivity index (χ0) is 21.7. The maximum atomic E-state index is 12.5. The van der Waals surface area contributed by atoms with Crippen LogP contribution >= 0.6 is 11.6 Å². The lowest BCUT2D eigenvalue weighted by atomic mass is 10.1. The summed E-state index contributed by atoms with van der Waals surface area (Å²) in [5.74, 6) is -0.521. The minimum atomic E-state index is -1.02. The molecule has 0 radical (unpaired) electrons. The van der Waals surface area contributed by atoms with Crippen LogP contribution in [0.5, 0.6) is 5.75 Å². The number of ether oxygens (including phenoxy) is 1. The smallest absolute Gasteiger partial charge is 0.335 e. The Morgan fingerprint density at radius 3 is 2.53 bits per heavy atom. The number of benzene rings is 2. The van der Waals surface area contributed by atoms with Crippen molar-refractivity contribution in [3.8, 4) is 23.1 Å². The molecule has 8 heteroatoms. The van der Waals surface area contributed by atoms with Gasteiger partial charge in [-0.1, -0.05) is 23.7 Å². The van der Waals surface area contributed by atoms with Crippen molar-refractivity contribution in [3.63, 3.8) is 0 Å². The third kappa shape index (κ3) is 4.69. The fourth-order valence-electron chi connectivity index (χ4n) is 2.62. The molecule has 0 saturated carbocycles. The molecule has 7 nitrogen and oxygen atoms in total. The first kappa shape index (κ1) is 20.7. The molecule has 0 bridgehead atoms. The van der Waals surface area contributed by atoms with Crippen molar-refractivity contribution in [1.29, 1.82) is 5.26 Å². The third-order valence-corrected chi connectivity index (χ3v) is 4.34. The highest BCUT2D eigenvalue weighted by molar-refractivity contribution is 6.31. The zero-order valence-corrected chi connectivity index (χ0v) is 16.4. The van der Waals surface area contributed by atoms with Crippen LogP contribution in [0.1, 0.15) is 16.1 Å². The molecule has 0 saturated heterocycles. The van der Waals surface area contributed by atoms with Gasteiger partial charge in [-0.05, 0) is 42.5 Å². The topological polar surface area (TPSA) is 113 Å². The number of carbonyl (C=O) groups is 2. The number of amides is 1. The van der Waals surface area contributed by atoms with Gasteiger partial charge in [0.2, 0.25) is 0 Å². The Balaban J connectivity index is 1.81. The van der Waals surface area contributed by atoms with Crippen LogP contribution in [0, 0.1) is 11.3 Å². The highest BCUT2D eigenvalue weighted by atomic mass is 35.5. The summed E-state index contributed by atoms with van der Waals surface area (Å²) in [5, 5.41) is 21.4. The molecule has 1 aromatic heterocycles. The summed E-state index contributed by atoms with van der Waals surface area (Å²) in [5.41, 5.74) is 0.963. The normalized spacial score (nSPS) is 10.9. The highest BCUT2D eigenvalue weighted by Crippen LogP contribution is 2.28. The Kier molecular flexibility index (Phi) is 6.20. The number of carbonyl (C=O) groups excluding carboxylic acids is 1. The number of carboxylic acids is 1. The number of hydrogen-bond acceptors (Lipinski definition) is 5. The lowest BCUT2D eigenvalue weighted by molar-refractivity contribution is -0.112. The van der Waals surface area contributed by atoms with Gasteiger partial charge in [-0.2, -0.15) is 5.26 Å². The maximum absolute atomic E-state index is 12.5. The molecule has 1 amide bonds. The van der Waals surface area contributed by atoms with E-state index in [0.717, 1.165) is 0 Å². The van der Waals surface area contributed by atoms with Crippen molar-refractivity contribution in [2.75, 3.05) is 12.4 Å². The van der Waals surface area contributed by atoms with Gasteiger partial charge >= 0.3 is 5.97 Å². The molecule has 0 aliphatic heterocycles. The second-order valence-electron chi connectivity index (χ2n) is 6.05. The minimum absolute atomic E-state index is 0.158. The van der Waals surface area contributed by atoms with E-state index in [-0.39, 0.29) is 16.9 Å². The first-order valence-corrected chi connectivity index (χ1v) is 8.99. The number of hydrogen-bond donors (Lipinski definition) is 2. The summed E-state index contributed by atoms with van der Waals surface area (Å²) in [6.45, 7) is 0. The Hall–Kier alpha value is -4.02. The van der Waals surface area contributed by atoms with Gasteiger partial charge in [-0.25, -0.2) is 4.79 Å². The quantitative estimate of drug-likeness (QED) is 0.433. The number of furan rings is 1. The summed E-state index contributed by atoms with van der Waals surface area (Å²) in [6.07, 6.45) is 1.31. The van der Waals surface area contributed by atoms with Crippen molar-refractivity contribution in [3.05, 3.63) is 76.5 Å². The maximum Gasteiger partial charge on any atom is 0.335 e. The van der Waals surface area contributed by atoms with E-state index in [1.165, 1.54) is 31.4 Å². The summed E-state index contributed by atoms with van der Waals surface area (Å²) in [7, 11) is 1.45. The van der Waals surface area contributed by atoms with E-state index < -0.39 is 11.9 Å². The van der Waals surface area contributed by atoms with E-state index in [4.69, 9.17) is 25.9 Å². The molecule has 0 spiro atoms. The van der Waals surface area contributed by atoms with E-state index in [9.17, 15) is 14.9 Å². The van der Waals surface area contributed by atoms with Crippen LogP contribution in [0.15, 0.2) is 64.6 Å². The third-order valence-electron chi connectivity index (χ3n) is 4.10. The number of methoxy groups -OCH3 is 1. The van der Waals surface area contributed by atoms with Gasteiger partial charge in [-0.3, -0.25) is 4.79 Å². The fraction of sp³-hybridized carbons (Fsp3) is 0.0455. The molecule has 0 atom stereocenters. The number of nitrogens with one attached hydrogen (secondary N) is 1. The molecule has 2 N–H and O–H groups in total. The van der Waals surface area contributed by atoms with Crippen molar-refractivity contribution in [2.24, 2.45) is 0 Å². The molecule has 0 unspecified atom stereocenters. The fourth-order valence-corrected chi connectivity index (χ4v) is 2.79. The van der Waals surface area contributed by atoms with Gasteiger partial charge in [0.25, 0.3) is 5.91 Å². The van der Waals surface area contributed by atoms with E-state index >= 15 is 0 Å². The first-order chi connectivity index (χ1) is 14.4. The van der Waals surface area contributed by atoms with Crippen molar-refractivity contribution >= 4 is 35.2 Å². The predicted molar refractivity (Wildman–Crippen MR) is 111 cm³/mol. The average Bonchev–Trinajstić information content (AvgIpc) is 3.21. The highest BCUT2D eigenvalue weighted by Gasteiger charge is 2.14. The van der Waals surface area contributed by atoms with Crippen molar-refractivity contribution in [2.45, 2.75) is 0 Å². The summed E-state index contributed by atoms with van der Waals surface area (Å²) in [6, 6.07) is 16.0. The van der Waals surface area contributed by atoms with Crippen LogP contribution in [-0.2, 0) is 4.79 Å². The van der Waals surface area contributed by atoms with Crippen LogP contribution in [0.3, 0.4) is 0 Å². The van der Waals surface area contributed by atoms with Crippen LogP contribution in [0.2, 0.25) is 5.02 Å². The summed E-state index contributed by atoms with van der Waals surface area (Å²) in [4.78, 5) is 23.5. The number of rotatable bonds is 6. The number of nitrogens with zero attached hydrogens (tertiary/aromatic N) is 1. The molecule has 0 aliphatic carbocycles. The lowest BCUT2D eigenvalue weighted by Crippen LogP contribution is -2.14. The predicted octanol–water partition coefficient (Wildman–Crippen LogP) is 4.85. The van der Waals surface area contributed by atoms with E-state index in [0.29, 0.717) is 27.8 Å². The van der Waals surface area contributed by atoms with Crippen LogP contribution in [0.4, 0.5) is 5.69 Å². The van der Waals surface area contributed by atoms with Gasteiger partial charge in [0, 0.05) is 16.7 Å². The van der Waals surface area contributed by atoms with Crippen LogP contribution in [0.25, 0.3) is 17.4 Å². The van der Waals surface area contributed by atoms with Gasteiger partial charge < -0.3 is 19.6 Å². The SMILES string of the molecule is COc1ccc(Cl)cc1NC(=O)C(C#N)=Cc1ccc(-c2ccc(C(=O)O)cc2)o1. The Morgan fingerprint density at radius 2 is 1.90 bits per heavy atom. The average molecular weight is 423 g/mol. The van der Waals surface area contributed by atoms with Gasteiger partial charge in [0.05, 0.1) is 18.4 Å². The molecule has 1 heterocycles. The van der Waals surface area contributed by atoms with E-state index in [1.54, 1.807) is 36.4 Å². The first-order valence-electron chi connectivity index (χ1n) is 8.61. The monoisotopic (exact) mass is 422 g/mol. The summed E-state index contributed by atoms with van der Waals surface area (Å²) < 4.78 is 10.8. The van der Waals surface area contributed by atoms with Crippen LogP contribution < -0.4 is 10.1 Å².